The van der Waals surface area contributed by atoms with Crippen LogP contribution in [-0.2, 0) is 22.5 Å². The zero-order valence-electron chi connectivity index (χ0n) is 18.2. The second kappa shape index (κ2) is 9.43. The van der Waals surface area contributed by atoms with Gasteiger partial charge in [-0.15, -0.1) is 0 Å². The number of hydrogen-bond acceptors (Lipinski definition) is 6. The third-order valence-corrected chi connectivity index (χ3v) is 5.90. The summed E-state index contributed by atoms with van der Waals surface area (Å²) in [5, 5.41) is 4.25. The van der Waals surface area contributed by atoms with Crippen LogP contribution in [0.25, 0.3) is 11.3 Å². The van der Waals surface area contributed by atoms with E-state index in [0.29, 0.717) is 31.9 Å². The standard InChI is InChI=1S/C25H29N3O3/c1-3-30-24(29)25(12-6-14-28(18-25)17-21-7-4-5-13-26-21)16-22-15-23(27-31-22)20-10-8-19(2)9-11-20/h4-5,7-11,13,15H,3,6,12,14,16-18H2,1-2H3/t25-/m0/s1. The number of ether oxygens (including phenoxy) is 1. The third-order valence-electron chi connectivity index (χ3n) is 5.90. The highest BCUT2D eigenvalue weighted by molar-refractivity contribution is 5.77. The topological polar surface area (TPSA) is 68.5 Å². The maximum Gasteiger partial charge on any atom is 0.313 e. The molecule has 1 aliphatic rings. The summed E-state index contributed by atoms with van der Waals surface area (Å²) in [6, 6.07) is 16.1. The zero-order valence-corrected chi connectivity index (χ0v) is 18.2. The van der Waals surface area contributed by atoms with Gasteiger partial charge in [-0.25, -0.2) is 0 Å². The van der Waals surface area contributed by atoms with E-state index in [0.717, 1.165) is 36.3 Å². The van der Waals surface area contributed by atoms with Gasteiger partial charge in [0.2, 0.25) is 0 Å². The van der Waals surface area contributed by atoms with Crippen molar-refractivity contribution in [2.24, 2.45) is 5.41 Å². The summed E-state index contributed by atoms with van der Waals surface area (Å²) < 4.78 is 11.2. The van der Waals surface area contributed by atoms with Gasteiger partial charge in [-0.05, 0) is 45.4 Å². The number of hydrogen-bond donors (Lipinski definition) is 0. The Morgan fingerprint density at radius 2 is 2.06 bits per heavy atom. The van der Waals surface area contributed by atoms with Crippen LogP contribution in [0.3, 0.4) is 0 Å². The van der Waals surface area contributed by atoms with E-state index in [4.69, 9.17) is 9.26 Å². The van der Waals surface area contributed by atoms with Crippen molar-refractivity contribution in [2.45, 2.75) is 39.7 Å². The van der Waals surface area contributed by atoms with E-state index in [1.54, 1.807) is 6.20 Å². The Bertz CT molecular complexity index is 1000. The Balaban J connectivity index is 1.55. The predicted molar refractivity (Wildman–Crippen MR) is 118 cm³/mol. The minimum Gasteiger partial charge on any atom is -0.466 e. The maximum absolute atomic E-state index is 13.1. The highest BCUT2D eigenvalue weighted by Gasteiger charge is 2.44. The Labute approximate surface area is 183 Å². The number of aryl methyl sites for hydroxylation is 1. The van der Waals surface area contributed by atoms with Crippen LogP contribution < -0.4 is 0 Å². The van der Waals surface area contributed by atoms with Crippen molar-refractivity contribution >= 4 is 5.97 Å². The molecule has 1 saturated heterocycles. The molecule has 162 valence electrons. The van der Waals surface area contributed by atoms with Crippen molar-refractivity contribution in [3.63, 3.8) is 0 Å². The lowest BCUT2D eigenvalue weighted by molar-refractivity contribution is -0.159. The monoisotopic (exact) mass is 419 g/mol. The molecule has 0 bridgehead atoms. The van der Waals surface area contributed by atoms with Crippen LogP contribution in [0.1, 0.15) is 36.8 Å². The molecule has 0 spiro atoms. The first kappa shape index (κ1) is 21.2. The summed E-state index contributed by atoms with van der Waals surface area (Å²) in [4.78, 5) is 19.8. The van der Waals surface area contributed by atoms with Crippen LogP contribution >= 0.6 is 0 Å². The van der Waals surface area contributed by atoms with Gasteiger partial charge in [-0.2, -0.15) is 0 Å². The van der Waals surface area contributed by atoms with Crippen molar-refractivity contribution in [1.82, 2.24) is 15.0 Å². The van der Waals surface area contributed by atoms with Crippen LogP contribution in [0.5, 0.6) is 0 Å². The first-order valence-electron chi connectivity index (χ1n) is 10.9. The number of likely N-dealkylation sites (tertiary alicyclic amines) is 1. The molecule has 2 aromatic heterocycles. The molecule has 6 heteroatoms. The molecule has 4 rings (SSSR count). The van der Waals surface area contributed by atoms with Gasteiger partial charge in [-0.1, -0.05) is 41.1 Å². The molecule has 0 aliphatic carbocycles. The largest absolute Gasteiger partial charge is 0.466 e. The molecule has 1 aliphatic heterocycles. The molecule has 1 aromatic carbocycles. The average molecular weight is 420 g/mol. The van der Waals surface area contributed by atoms with E-state index >= 15 is 0 Å². The molecule has 6 nitrogen and oxygen atoms in total. The smallest absolute Gasteiger partial charge is 0.313 e. The number of rotatable bonds is 7. The summed E-state index contributed by atoms with van der Waals surface area (Å²) in [5.74, 6) is 0.553. The van der Waals surface area contributed by atoms with Crippen molar-refractivity contribution in [2.75, 3.05) is 19.7 Å². The Morgan fingerprint density at radius 1 is 1.23 bits per heavy atom. The summed E-state index contributed by atoms with van der Waals surface area (Å²) in [5.41, 5.74) is 3.35. The summed E-state index contributed by atoms with van der Waals surface area (Å²) in [6.07, 6.45) is 3.97. The number of carbonyl (C=O) groups excluding carboxylic acids is 1. The van der Waals surface area contributed by atoms with Crippen molar-refractivity contribution < 1.29 is 14.1 Å². The van der Waals surface area contributed by atoms with E-state index in [2.05, 4.69) is 34.1 Å². The van der Waals surface area contributed by atoms with Crippen LogP contribution in [-0.4, -0.2) is 40.7 Å². The Kier molecular flexibility index (Phi) is 6.47. The number of pyridine rings is 1. The van der Waals surface area contributed by atoms with Crippen LogP contribution in [0, 0.1) is 12.3 Å². The van der Waals surface area contributed by atoms with Gasteiger partial charge in [0.1, 0.15) is 11.5 Å². The lowest BCUT2D eigenvalue weighted by atomic mass is 9.76. The molecule has 0 N–H and O–H groups in total. The van der Waals surface area contributed by atoms with Gasteiger partial charge in [0.15, 0.2) is 0 Å². The molecule has 0 radical (unpaired) electrons. The Hall–Kier alpha value is -2.99. The second-order valence-corrected chi connectivity index (χ2v) is 8.36. The van der Waals surface area contributed by atoms with E-state index in [-0.39, 0.29) is 5.97 Å². The lowest BCUT2D eigenvalue weighted by Gasteiger charge is -2.40. The Morgan fingerprint density at radius 3 is 2.81 bits per heavy atom. The number of carbonyl (C=O) groups is 1. The first-order chi connectivity index (χ1) is 15.1. The van der Waals surface area contributed by atoms with E-state index in [9.17, 15) is 4.79 Å². The molecule has 0 amide bonds. The third kappa shape index (κ3) is 5.02. The minimum atomic E-state index is -0.646. The van der Waals surface area contributed by atoms with Gasteiger partial charge in [-0.3, -0.25) is 14.7 Å². The molecule has 1 fully saturated rings. The SMILES string of the molecule is CCOC(=O)[C@]1(Cc2cc(-c3ccc(C)cc3)no2)CCCN(Cc2ccccn2)C1. The van der Waals surface area contributed by atoms with Gasteiger partial charge >= 0.3 is 5.97 Å². The second-order valence-electron chi connectivity index (χ2n) is 8.36. The number of nitrogens with zero attached hydrogens (tertiary/aromatic N) is 3. The van der Waals surface area contributed by atoms with Gasteiger partial charge in [0.25, 0.3) is 0 Å². The minimum absolute atomic E-state index is 0.158. The molecule has 31 heavy (non-hydrogen) atoms. The lowest BCUT2D eigenvalue weighted by Crippen LogP contribution is -2.49. The fourth-order valence-electron chi connectivity index (χ4n) is 4.34. The van der Waals surface area contributed by atoms with E-state index in [1.807, 2.05) is 43.3 Å². The molecule has 0 saturated carbocycles. The molecule has 3 aromatic rings. The number of benzene rings is 1. The highest BCUT2D eigenvalue weighted by atomic mass is 16.5. The summed E-state index contributed by atoms with van der Waals surface area (Å²) >= 11 is 0. The van der Waals surface area contributed by atoms with Crippen LogP contribution in [0.15, 0.2) is 59.3 Å². The van der Waals surface area contributed by atoms with Gasteiger partial charge < -0.3 is 9.26 Å². The fraction of sp³-hybridized carbons (Fsp3) is 0.400. The normalized spacial score (nSPS) is 19.3. The molecular formula is C25H29N3O3. The predicted octanol–water partition coefficient (Wildman–Crippen LogP) is 4.43. The van der Waals surface area contributed by atoms with Crippen LogP contribution in [0.4, 0.5) is 0 Å². The average Bonchev–Trinajstić information content (AvgIpc) is 3.23. The summed E-state index contributed by atoms with van der Waals surface area (Å²) in [6.45, 7) is 6.54. The van der Waals surface area contributed by atoms with Crippen LogP contribution in [0.2, 0.25) is 0 Å². The van der Waals surface area contributed by atoms with Crippen molar-refractivity contribution in [3.05, 3.63) is 71.7 Å². The zero-order chi connectivity index (χ0) is 21.7. The molecule has 3 heterocycles. The fourth-order valence-corrected chi connectivity index (χ4v) is 4.34. The molecule has 0 unspecified atom stereocenters. The quantitative estimate of drug-likeness (QED) is 0.528. The maximum atomic E-state index is 13.1. The van der Waals surface area contributed by atoms with Gasteiger partial charge in [0, 0.05) is 37.3 Å². The summed E-state index contributed by atoms with van der Waals surface area (Å²) in [7, 11) is 0. The number of piperidine rings is 1. The van der Waals surface area contributed by atoms with Crippen molar-refractivity contribution in [1.29, 1.82) is 0 Å². The molecule has 1 atom stereocenters. The highest BCUT2D eigenvalue weighted by Crippen LogP contribution is 2.36. The molecular weight excluding hydrogens is 390 g/mol. The van der Waals surface area contributed by atoms with E-state index in [1.165, 1.54) is 5.56 Å². The number of aromatic nitrogens is 2. The number of esters is 1. The van der Waals surface area contributed by atoms with Gasteiger partial charge in [0.05, 0.1) is 17.7 Å². The first-order valence-corrected chi connectivity index (χ1v) is 10.9. The van der Waals surface area contributed by atoms with E-state index < -0.39 is 5.41 Å². The van der Waals surface area contributed by atoms with Crippen molar-refractivity contribution in [3.8, 4) is 11.3 Å².